The van der Waals surface area contributed by atoms with Gasteiger partial charge in [-0.2, -0.15) is 0 Å². The lowest BCUT2D eigenvalue weighted by Crippen LogP contribution is -2.41. The van der Waals surface area contributed by atoms with Crippen LogP contribution >= 0.6 is 0 Å². The Balaban J connectivity index is 1.71. The highest BCUT2D eigenvalue weighted by atomic mass is 16.5. The van der Waals surface area contributed by atoms with Crippen molar-refractivity contribution in [2.75, 3.05) is 13.7 Å². The van der Waals surface area contributed by atoms with Crippen LogP contribution in [0.3, 0.4) is 0 Å². The van der Waals surface area contributed by atoms with E-state index in [0.717, 1.165) is 11.1 Å². The van der Waals surface area contributed by atoms with Crippen molar-refractivity contribution in [3.63, 3.8) is 0 Å². The number of methoxy groups -OCH3 is 1. The van der Waals surface area contributed by atoms with E-state index in [4.69, 9.17) is 9.47 Å². The second-order valence-corrected chi connectivity index (χ2v) is 6.58. The largest absolute Gasteiger partial charge is 0.497 e. The van der Waals surface area contributed by atoms with Crippen molar-refractivity contribution in [2.45, 2.75) is 19.4 Å². The molecule has 3 amide bonds. The lowest BCUT2D eigenvalue weighted by molar-refractivity contribution is -0.151. The Morgan fingerprint density at radius 3 is 2.29 bits per heavy atom. The zero-order valence-electron chi connectivity index (χ0n) is 17.3. The van der Waals surface area contributed by atoms with Gasteiger partial charge in [-0.3, -0.25) is 19.7 Å². The first-order valence-corrected chi connectivity index (χ1v) is 9.53. The van der Waals surface area contributed by atoms with Gasteiger partial charge in [0.15, 0.2) is 6.61 Å². The Kier molecular flexibility index (Phi) is 8.97. The van der Waals surface area contributed by atoms with Crippen LogP contribution in [0.25, 0.3) is 6.08 Å². The highest BCUT2D eigenvalue weighted by Gasteiger charge is 2.18. The molecule has 0 aliphatic heterocycles. The molecule has 0 saturated heterocycles. The van der Waals surface area contributed by atoms with Gasteiger partial charge in [-0.1, -0.05) is 42.5 Å². The first kappa shape index (κ1) is 23.3. The fraction of sp³-hybridized carbons (Fsp3) is 0.217. The molecule has 0 aromatic heterocycles. The topological polar surface area (TPSA) is 111 Å². The molecule has 0 aliphatic rings. The molecule has 8 nitrogen and oxygen atoms in total. The van der Waals surface area contributed by atoms with Crippen LogP contribution in [0.4, 0.5) is 0 Å². The number of nitrogens with one attached hydrogen (secondary N) is 2. The smallest absolute Gasteiger partial charge is 0.328 e. The number of hydrogen-bond donors (Lipinski definition) is 2. The summed E-state index contributed by atoms with van der Waals surface area (Å²) in [6.45, 7) is 0.807. The lowest BCUT2D eigenvalue weighted by atomic mass is 10.1. The molecule has 0 aliphatic carbocycles. The molecule has 0 heterocycles. The molecule has 0 saturated carbocycles. The number of carbonyl (C=O) groups is 4. The zero-order valence-corrected chi connectivity index (χ0v) is 17.3. The first-order chi connectivity index (χ1) is 14.9. The summed E-state index contributed by atoms with van der Waals surface area (Å²) in [7, 11) is 1.56. The minimum absolute atomic E-state index is 0.0352. The number of esters is 1. The molecule has 1 atom stereocenters. The van der Waals surface area contributed by atoms with E-state index in [2.05, 4.69) is 10.6 Å². The highest BCUT2D eigenvalue weighted by molar-refractivity contribution is 5.98. The summed E-state index contributed by atoms with van der Waals surface area (Å²) in [5.74, 6) is -1.84. The average molecular weight is 424 g/mol. The molecule has 0 bridgehead atoms. The van der Waals surface area contributed by atoms with E-state index < -0.39 is 36.3 Å². The van der Waals surface area contributed by atoms with Crippen molar-refractivity contribution in [2.24, 2.45) is 0 Å². The van der Waals surface area contributed by atoms with Crippen LogP contribution < -0.4 is 15.4 Å². The minimum atomic E-state index is -0.971. The van der Waals surface area contributed by atoms with Crippen molar-refractivity contribution >= 4 is 29.8 Å². The van der Waals surface area contributed by atoms with E-state index in [0.29, 0.717) is 5.75 Å². The third kappa shape index (κ3) is 8.53. The van der Waals surface area contributed by atoms with E-state index in [1.54, 1.807) is 61.7 Å². The monoisotopic (exact) mass is 424 g/mol. The van der Waals surface area contributed by atoms with Gasteiger partial charge in [-0.15, -0.1) is 0 Å². The van der Waals surface area contributed by atoms with Crippen LogP contribution in [0.15, 0.2) is 60.7 Å². The number of benzene rings is 2. The van der Waals surface area contributed by atoms with E-state index in [9.17, 15) is 19.2 Å². The summed E-state index contributed by atoms with van der Waals surface area (Å²) in [6.07, 6.45) is 2.90. The predicted molar refractivity (Wildman–Crippen MR) is 114 cm³/mol. The molecule has 31 heavy (non-hydrogen) atoms. The SMILES string of the molecule is COc1ccc(C=CC(=O)NC(C)C(=O)OCC(=O)NC(=O)Cc2ccccc2)cc1. The molecular formula is C23H24N2O6. The van der Waals surface area contributed by atoms with Gasteiger partial charge in [0.2, 0.25) is 11.8 Å². The standard InChI is InChI=1S/C23H24N2O6/c1-16(24-20(26)13-10-17-8-11-19(30-2)12-9-17)23(29)31-15-22(28)25-21(27)14-18-6-4-3-5-7-18/h3-13,16H,14-15H2,1-2H3,(H,24,26)(H,25,27,28). The minimum Gasteiger partial charge on any atom is -0.497 e. The lowest BCUT2D eigenvalue weighted by Gasteiger charge is -2.12. The maximum Gasteiger partial charge on any atom is 0.328 e. The van der Waals surface area contributed by atoms with Crippen LogP contribution in [0.1, 0.15) is 18.1 Å². The van der Waals surface area contributed by atoms with Crippen molar-refractivity contribution in [1.29, 1.82) is 0 Å². The Bertz CT molecular complexity index is 938. The number of ether oxygens (including phenoxy) is 2. The summed E-state index contributed by atoms with van der Waals surface area (Å²) in [5.41, 5.74) is 1.53. The Hall–Kier alpha value is -3.94. The Morgan fingerprint density at radius 1 is 0.968 bits per heavy atom. The van der Waals surface area contributed by atoms with Crippen LogP contribution in [0, 0.1) is 0 Å². The zero-order chi connectivity index (χ0) is 22.6. The third-order valence-corrected chi connectivity index (χ3v) is 4.09. The Labute approximate surface area is 180 Å². The molecule has 2 N–H and O–H groups in total. The fourth-order valence-corrected chi connectivity index (χ4v) is 2.49. The van der Waals surface area contributed by atoms with Gasteiger partial charge in [0.25, 0.3) is 5.91 Å². The molecule has 0 fully saturated rings. The maximum atomic E-state index is 12.0. The molecule has 162 valence electrons. The number of amides is 3. The van der Waals surface area contributed by atoms with Gasteiger partial charge in [-0.25, -0.2) is 4.79 Å². The van der Waals surface area contributed by atoms with Crippen molar-refractivity contribution in [3.8, 4) is 5.75 Å². The van der Waals surface area contributed by atoms with Crippen LogP contribution in [-0.2, 0) is 30.3 Å². The van der Waals surface area contributed by atoms with Gasteiger partial charge in [0, 0.05) is 6.08 Å². The molecule has 8 heteroatoms. The summed E-state index contributed by atoms with van der Waals surface area (Å²) in [4.78, 5) is 47.5. The number of rotatable bonds is 9. The summed E-state index contributed by atoms with van der Waals surface area (Å²) >= 11 is 0. The predicted octanol–water partition coefficient (Wildman–Crippen LogP) is 1.64. The van der Waals surface area contributed by atoms with E-state index in [1.807, 2.05) is 6.07 Å². The number of hydrogen-bond acceptors (Lipinski definition) is 6. The second kappa shape index (κ2) is 11.9. The molecule has 0 spiro atoms. The van der Waals surface area contributed by atoms with Gasteiger partial charge in [0.1, 0.15) is 11.8 Å². The Morgan fingerprint density at radius 2 is 1.65 bits per heavy atom. The molecule has 0 radical (unpaired) electrons. The highest BCUT2D eigenvalue weighted by Crippen LogP contribution is 2.12. The van der Waals surface area contributed by atoms with Gasteiger partial charge < -0.3 is 14.8 Å². The van der Waals surface area contributed by atoms with Crippen molar-refractivity contribution in [1.82, 2.24) is 10.6 Å². The van der Waals surface area contributed by atoms with Crippen LogP contribution in [0.2, 0.25) is 0 Å². The van der Waals surface area contributed by atoms with Gasteiger partial charge in [-0.05, 0) is 36.3 Å². The fourth-order valence-electron chi connectivity index (χ4n) is 2.49. The molecule has 2 aromatic rings. The summed E-state index contributed by atoms with van der Waals surface area (Å²) in [6, 6.07) is 15.0. The normalized spacial score (nSPS) is 11.4. The van der Waals surface area contributed by atoms with E-state index in [-0.39, 0.29) is 6.42 Å². The second-order valence-electron chi connectivity index (χ2n) is 6.58. The summed E-state index contributed by atoms with van der Waals surface area (Å²) in [5, 5.41) is 4.59. The van der Waals surface area contributed by atoms with Crippen molar-refractivity contribution in [3.05, 3.63) is 71.8 Å². The number of imide groups is 1. The van der Waals surface area contributed by atoms with E-state index >= 15 is 0 Å². The van der Waals surface area contributed by atoms with Crippen molar-refractivity contribution < 1.29 is 28.7 Å². The first-order valence-electron chi connectivity index (χ1n) is 9.53. The van der Waals surface area contributed by atoms with Crippen LogP contribution in [0.5, 0.6) is 5.75 Å². The third-order valence-electron chi connectivity index (χ3n) is 4.09. The quantitative estimate of drug-likeness (QED) is 0.468. The molecule has 1 unspecified atom stereocenters. The molecular weight excluding hydrogens is 400 g/mol. The van der Waals surface area contributed by atoms with Gasteiger partial charge in [0.05, 0.1) is 13.5 Å². The number of carbonyl (C=O) groups excluding carboxylic acids is 4. The maximum absolute atomic E-state index is 12.0. The van der Waals surface area contributed by atoms with E-state index in [1.165, 1.54) is 13.0 Å². The van der Waals surface area contributed by atoms with Gasteiger partial charge >= 0.3 is 5.97 Å². The van der Waals surface area contributed by atoms with Crippen LogP contribution in [-0.4, -0.2) is 43.4 Å². The average Bonchev–Trinajstić information content (AvgIpc) is 2.76. The summed E-state index contributed by atoms with van der Waals surface area (Å²) < 4.78 is 9.91. The molecule has 2 rings (SSSR count). The molecule has 2 aromatic carbocycles.